The van der Waals surface area contributed by atoms with Gasteiger partial charge in [0.1, 0.15) is 12.4 Å². The first-order valence-corrected chi connectivity index (χ1v) is 9.65. The maximum atomic E-state index is 11.9. The Morgan fingerprint density at radius 2 is 1.80 bits per heavy atom. The number of hydrogen-bond donors (Lipinski definition) is 1. The standard InChI is InChI=1S/C26H24N2O2/c1-3-8-25-20(4-2)11-14-22(28-25)18-30-23-15-12-21(13-16-23)24(26(27)29)17-19-9-6-5-7-10-19/h3-17H,2,18H2,1H3,(H2,27,29). The van der Waals surface area contributed by atoms with Crippen LogP contribution in [0.5, 0.6) is 5.75 Å². The molecular formula is C26H24N2O2. The number of pyridine rings is 1. The third kappa shape index (κ3) is 5.32. The van der Waals surface area contributed by atoms with Gasteiger partial charge in [0.2, 0.25) is 5.91 Å². The number of benzene rings is 2. The molecule has 0 spiro atoms. The summed E-state index contributed by atoms with van der Waals surface area (Å²) in [6, 6.07) is 20.8. The first-order chi connectivity index (χ1) is 14.6. The Labute approximate surface area is 177 Å². The Morgan fingerprint density at radius 3 is 2.43 bits per heavy atom. The highest BCUT2D eigenvalue weighted by Gasteiger charge is 2.09. The highest BCUT2D eigenvalue weighted by Crippen LogP contribution is 2.22. The minimum absolute atomic E-state index is 0.337. The molecule has 4 nitrogen and oxygen atoms in total. The van der Waals surface area contributed by atoms with Crippen LogP contribution in [-0.2, 0) is 11.4 Å². The van der Waals surface area contributed by atoms with Gasteiger partial charge < -0.3 is 10.5 Å². The van der Waals surface area contributed by atoms with E-state index in [1.54, 1.807) is 12.2 Å². The molecule has 0 atom stereocenters. The molecule has 2 aromatic carbocycles. The average Bonchev–Trinajstić information content (AvgIpc) is 2.77. The van der Waals surface area contributed by atoms with Crippen molar-refractivity contribution in [2.45, 2.75) is 13.5 Å². The van der Waals surface area contributed by atoms with Gasteiger partial charge in [-0.1, -0.05) is 67.3 Å². The Morgan fingerprint density at radius 1 is 1.07 bits per heavy atom. The van der Waals surface area contributed by atoms with Crippen molar-refractivity contribution in [3.63, 3.8) is 0 Å². The number of amides is 1. The van der Waals surface area contributed by atoms with Crippen LogP contribution in [-0.4, -0.2) is 10.9 Å². The van der Waals surface area contributed by atoms with Crippen molar-refractivity contribution < 1.29 is 9.53 Å². The van der Waals surface area contributed by atoms with E-state index in [1.165, 1.54) is 0 Å². The van der Waals surface area contributed by atoms with Crippen LogP contribution in [0.25, 0.3) is 23.8 Å². The predicted octanol–water partition coefficient (Wildman–Crippen LogP) is 5.36. The lowest BCUT2D eigenvalue weighted by molar-refractivity contribution is -0.112. The SMILES string of the molecule is C=Cc1ccc(COc2ccc(C(=Cc3ccccc3)C(N)=O)cc2)nc1C=CC. The third-order valence-corrected chi connectivity index (χ3v) is 4.49. The van der Waals surface area contributed by atoms with Crippen molar-refractivity contribution in [2.24, 2.45) is 5.73 Å². The number of rotatable bonds is 8. The van der Waals surface area contributed by atoms with Crippen molar-refractivity contribution in [1.82, 2.24) is 4.98 Å². The summed E-state index contributed by atoms with van der Waals surface area (Å²) in [5.74, 6) is 0.208. The van der Waals surface area contributed by atoms with Gasteiger partial charge in [-0.05, 0) is 54.0 Å². The van der Waals surface area contributed by atoms with Crippen LogP contribution >= 0.6 is 0 Å². The number of primary amides is 1. The first kappa shape index (κ1) is 20.8. The van der Waals surface area contributed by atoms with Crippen LogP contribution in [0.2, 0.25) is 0 Å². The molecule has 0 bridgehead atoms. The van der Waals surface area contributed by atoms with Crippen molar-refractivity contribution in [2.75, 3.05) is 0 Å². The predicted molar refractivity (Wildman–Crippen MR) is 123 cm³/mol. The molecule has 0 aliphatic heterocycles. The fourth-order valence-electron chi connectivity index (χ4n) is 2.97. The molecule has 0 saturated carbocycles. The summed E-state index contributed by atoms with van der Waals surface area (Å²) in [6.45, 7) is 6.10. The van der Waals surface area contributed by atoms with Crippen LogP contribution < -0.4 is 10.5 Å². The number of ether oxygens (including phenoxy) is 1. The van der Waals surface area contributed by atoms with Gasteiger partial charge in [-0.3, -0.25) is 4.79 Å². The molecule has 0 fully saturated rings. The zero-order valence-electron chi connectivity index (χ0n) is 16.9. The lowest BCUT2D eigenvalue weighted by Crippen LogP contribution is -2.12. The average molecular weight is 396 g/mol. The Hall–Kier alpha value is -3.92. The van der Waals surface area contributed by atoms with E-state index in [1.807, 2.05) is 85.8 Å². The monoisotopic (exact) mass is 396 g/mol. The second-order valence-electron chi connectivity index (χ2n) is 6.63. The van der Waals surface area contributed by atoms with Gasteiger partial charge in [-0.2, -0.15) is 0 Å². The fraction of sp³-hybridized carbons (Fsp3) is 0.0769. The van der Waals surface area contributed by atoms with Gasteiger partial charge in [0.05, 0.1) is 11.4 Å². The fourth-order valence-corrected chi connectivity index (χ4v) is 2.97. The van der Waals surface area contributed by atoms with Gasteiger partial charge in [0, 0.05) is 5.57 Å². The Kier molecular flexibility index (Phi) is 6.95. The first-order valence-electron chi connectivity index (χ1n) is 9.65. The third-order valence-electron chi connectivity index (χ3n) is 4.49. The molecule has 30 heavy (non-hydrogen) atoms. The summed E-state index contributed by atoms with van der Waals surface area (Å²) < 4.78 is 5.86. The van der Waals surface area contributed by atoms with E-state index in [2.05, 4.69) is 11.6 Å². The lowest BCUT2D eigenvalue weighted by atomic mass is 10.0. The zero-order chi connectivity index (χ0) is 21.3. The smallest absolute Gasteiger partial charge is 0.249 e. The van der Waals surface area contributed by atoms with Crippen LogP contribution in [0.4, 0.5) is 0 Å². The number of aromatic nitrogens is 1. The highest BCUT2D eigenvalue weighted by molar-refractivity contribution is 6.23. The molecule has 3 aromatic rings. The van der Waals surface area contributed by atoms with Gasteiger partial charge in [-0.15, -0.1) is 0 Å². The Balaban J connectivity index is 1.74. The number of nitrogens with two attached hydrogens (primary N) is 1. The summed E-state index contributed by atoms with van der Waals surface area (Å²) in [6.07, 6.45) is 7.45. The van der Waals surface area contributed by atoms with Gasteiger partial charge in [0.25, 0.3) is 0 Å². The van der Waals surface area contributed by atoms with E-state index in [0.29, 0.717) is 17.9 Å². The van der Waals surface area contributed by atoms with Gasteiger partial charge >= 0.3 is 0 Å². The summed E-state index contributed by atoms with van der Waals surface area (Å²) in [5, 5.41) is 0. The minimum Gasteiger partial charge on any atom is -0.487 e. The normalized spacial score (nSPS) is 11.4. The zero-order valence-corrected chi connectivity index (χ0v) is 16.9. The maximum Gasteiger partial charge on any atom is 0.249 e. The molecule has 0 aliphatic carbocycles. The van der Waals surface area contributed by atoms with Gasteiger partial charge in [0.15, 0.2) is 0 Å². The number of carbonyl (C=O) groups excluding carboxylic acids is 1. The molecule has 2 N–H and O–H groups in total. The largest absolute Gasteiger partial charge is 0.487 e. The molecule has 0 radical (unpaired) electrons. The van der Waals surface area contributed by atoms with Gasteiger partial charge in [-0.25, -0.2) is 4.98 Å². The van der Waals surface area contributed by atoms with Crippen LogP contribution in [0.15, 0.2) is 79.4 Å². The van der Waals surface area contributed by atoms with Crippen LogP contribution in [0.3, 0.4) is 0 Å². The molecule has 1 amide bonds. The molecular weight excluding hydrogens is 372 g/mol. The highest BCUT2D eigenvalue weighted by atomic mass is 16.5. The molecule has 0 unspecified atom stereocenters. The molecule has 0 aliphatic rings. The maximum absolute atomic E-state index is 11.9. The minimum atomic E-state index is -0.476. The quantitative estimate of drug-likeness (QED) is 0.412. The molecule has 150 valence electrons. The van der Waals surface area contributed by atoms with Crippen molar-refractivity contribution in [3.05, 3.63) is 107 Å². The topological polar surface area (TPSA) is 65.2 Å². The van der Waals surface area contributed by atoms with Crippen molar-refractivity contribution in [3.8, 4) is 5.75 Å². The van der Waals surface area contributed by atoms with E-state index >= 15 is 0 Å². The summed E-state index contributed by atoms with van der Waals surface area (Å²) in [4.78, 5) is 16.6. The number of nitrogens with zero attached hydrogens (tertiary/aromatic N) is 1. The van der Waals surface area contributed by atoms with E-state index in [9.17, 15) is 4.79 Å². The second kappa shape index (κ2) is 10.0. The summed E-state index contributed by atoms with van der Waals surface area (Å²) >= 11 is 0. The second-order valence-corrected chi connectivity index (χ2v) is 6.63. The number of allylic oxidation sites excluding steroid dienone is 1. The van der Waals surface area contributed by atoms with Crippen LogP contribution in [0.1, 0.15) is 35.0 Å². The molecule has 4 heteroatoms. The summed E-state index contributed by atoms with van der Waals surface area (Å²) in [5.41, 5.74) is 10.4. The number of carbonyl (C=O) groups is 1. The van der Waals surface area contributed by atoms with Crippen molar-refractivity contribution in [1.29, 1.82) is 0 Å². The lowest BCUT2D eigenvalue weighted by Gasteiger charge is -2.09. The van der Waals surface area contributed by atoms with Crippen LogP contribution in [0, 0.1) is 0 Å². The summed E-state index contributed by atoms with van der Waals surface area (Å²) in [7, 11) is 0. The number of hydrogen-bond acceptors (Lipinski definition) is 3. The van der Waals surface area contributed by atoms with Crippen molar-refractivity contribution >= 4 is 29.7 Å². The Bertz CT molecular complexity index is 1080. The molecule has 0 saturated heterocycles. The van der Waals surface area contributed by atoms with E-state index in [4.69, 9.17) is 10.5 Å². The van der Waals surface area contributed by atoms with E-state index < -0.39 is 5.91 Å². The molecule has 1 heterocycles. The van der Waals surface area contributed by atoms with E-state index in [-0.39, 0.29) is 0 Å². The van der Waals surface area contributed by atoms with E-state index in [0.717, 1.165) is 28.1 Å². The molecule has 1 aromatic heterocycles. The molecule has 3 rings (SSSR count).